The highest BCUT2D eigenvalue weighted by Crippen LogP contribution is 2.53. The molecule has 10 aromatic carbocycles. The molecule has 266 valence electrons. The zero-order valence-corrected chi connectivity index (χ0v) is 31.8. The minimum atomic E-state index is 0.593. The van der Waals surface area contributed by atoms with Crippen molar-refractivity contribution in [1.29, 1.82) is 15.8 Å². The molecule has 0 atom stereocenters. The molecule has 1 aliphatic rings. The van der Waals surface area contributed by atoms with E-state index in [2.05, 4.69) is 134 Å². The lowest BCUT2D eigenvalue weighted by Crippen LogP contribution is -1.93. The monoisotopic (exact) mass is 733 g/mol. The van der Waals surface area contributed by atoms with Crippen LogP contribution in [0.3, 0.4) is 0 Å². The molecule has 0 N–H and O–H groups in total. The lowest BCUT2D eigenvalue weighted by atomic mass is 9.84. The van der Waals surface area contributed by atoms with Crippen molar-refractivity contribution in [3.63, 3.8) is 0 Å². The molecule has 0 fully saturated rings. The first-order valence-electron chi connectivity index (χ1n) is 19.4. The summed E-state index contributed by atoms with van der Waals surface area (Å²) < 4.78 is 0. The second-order valence-corrected chi connectivity index (χ2v) is 15.5. The summed E-state index contributed by atoms with van der Waals surface area (Å²) in [6.07, 6.45) is 0. The van der Waals surface area contributed by atoms with Gasteiger partial charge < -0.3 is 0 Å². The van der Waals surface area contributed by atoms with Crippen molar-refractivity contribution in [2.45, 2.75) is 13.8 Å². The molecule has 0 aromatic heterocycles. The zero-order valence-electron chi connectivity index (χ0n) is 31.8. The predicted molar refractivity (Wildman–Crippen MR) is 238 cm³/mol. The summed E-state index contributed by atoms with van der Waals surface area (Å²) in [4.78, 5) is 0. The van der Waals surface area contributed by atoms with Crippen LogP contribution in [0.2, 0.25) is 0 Å². The van der Waals surface area contributed by atoms with Gasteiger partial charge in [-0.15, -0.1) is 0 Å². The summed E-state index contributed by atoms with van der Waals surface area (Å²) >= 11 is 0. The molecular formula is C55H31N3. The Morgan fingerprint density at radius 2 is 0.828 bits per heavy atom. The molecule has 0 heterocycles. The zero-order chi connectivity index (χ0) is 39.2. The van der Waals surface area contributed by atoms with Gasteiger partial charge in [-0.05, 0) is 201 Å². The molecule has 0 spiro atoms. The summed E-state index contributed by atoms with van der Waals surface area (Å²) in [5, 5.41) is 41.0. The normalized spacial score (nSPS) is 11.6. The minimum Gasteiger partial charge on any atom is -0.192 e. The maximum Gasteiger partial charge on any atom is 0.0991 e. The smallest absolute Gasteiger partial charge is 0.0991 e. The number of rotatable bonds is 3. The van der Waals surface area contributed by atoms with Crippen LogP contribution >= 0.6 is 0 Å². The highest BCUT2D eigenvalue weighted by Gasteiger charge is 2.26. The van der Waals surface area contributed by atoms with Crippen molar-refractivity contribution in [3.05, 3.63) is 179 Å². The van der Waals surface area contributed by atoms with Gasteiger partial charge >= 0.3 is 0 Å². The number of nitrogens with zero attached hydrogens (tertiary/aromatic N) is 3. The van der Waals surface area contributed by atoms with Crippen molar-refractivity contribution < 1.29 is 0 Å². The van der Waals surface area contributed by atoms with Gasteiger partial charge in [-0.3, -0.25) is 0 Å². The molecule has 0 saturated carbocycles. The molecule has 0 bridgehead atoms. The molecular weight excluding hydrogens is 703 g/mol. The van der Waals surface area contributed by atoms with Crippen LogP contribution in [0.25, 0.3) is 109 Å². The van der Waals surface area contributed by atoms with Crippen molar-refractivity contribution in [2.24, 2.45) is 0 Å². The Labute approximate surface area is 335 Å². The van der Waals surface area contributed by atoms with E-state index in [1.807, 2.05) is 49.4 Å². The average molecular weight is 734 g/mol. The molecule has 58 heavy (non-hydrogen) atoms. The van der Waals surface area contributed by atoms with Crippen molar-refractivity contribution in [1.82, 2.24) is 0 Å². The first-order chi connectivity index (χ1) is 28.4. The Balaban J connectivity index is 1.25. The standard InChI is InChI=1S/C55H31N3/c1-31-20-33(28-56)10-15-39(31)47-25-53-49(42-17-12-35(30-58)22-46(42)47)24-48(40-16-11-34(29-57)21-32(40)2)52-27-51-45-19-18-41(38-14-13-36-6-3-4-7-37(36)23-38)43-8-5-9-44(55(43)45)50(51)26-54(52)53/h3-27H,1-2H3. The van der Waals surface area contributed by atoms with E-state index in [4.69, 9.17) is 0 Å². The molecule has 0 radical (unpaired) electrons. The van der Waals surface area contributed by atoms with Gasteiger partial charge in [0.05, 0.1) is 34.9 Å². The molecule has 3 heteroatoms. The average Bonchev–Trinajstić information content (AvgIpc) is 3.58. The Morgan fingerprint density at radius 1 is 0.310 bits per heavy atom. The van der Waals surface area contributed by atoms with E-state index in [9.17, 15) is 15.8 Å². The van der Waals surface area contributed by atoms with Crippen LogP contribution < -0.4 is 0 Å². The first kappa shape index (κ1) is 33.3. The lowest BCUT2D eigenvalue weighted by molar-refractivity contribution is 1.42. The fourth-order valence-corrected chi connectivity index (χ4v) is 9.59. The SMILES string of the molecule is Cc1cc(C#N)ccc1-c1cc2c3cc4c(cc3c(-c3ccc(C#N)cc3C)cc2c2ccc(C#N)cc12)-c1ccc(-c2ccc3ccccc3c2)c2cccc-4c12. The van der Waals surface area contributed by atoms with Gasteiger partial charge in [0.15, 0.2) is 0 Å². The Morgan fingerprint density at radius 3 is 1.50 bits per heavy atom. The number of benzene rings is 10. The third-order valence-corrected chi connectivity index (χ3v) is 12.3. The molecule has 1 aliphatic carbocycles. The second kappa shape index (κ2) is 12.5. The van der Waals surface area contributed by atoms with Crippen molar-refractivity contribution in [3.8, 4) is 73.8 Å². The topological polar surface area (TPSA) is 71.4 Å². The summed E-state index contributed by atoms with van der Waals surface area (Å²) in [6.45, 7) is 4.13. The molecule has 0 aliphatic heterocycles. The Bertz CT molecular complexity index is 3620. The van der Waals surface area contributed by atoms with Crippen molar-refractivity contribution in [2.75, 3.05) is 0 Å². The number of hydrogen-bond acceptors (Lipinski definition) is 3. The highest BCUT2D eigenvalue weighted by molar-refractivity contribution is 6.27. The van der Waals surface area contributed by atoms with E-state index in [1.165, 1.54) is 54.9 Å². The Kier molecular flexibility index (Phi) is 7.18. The highest BCUT2D eigenvalue weighted by atomic mass is 14.3. The molecule has 11 rings (SSSR count). The third-order valence-electron chi connectivity index (χ3n) is 12.3. The van der Waals surface area contributed by atoms with E-state index in [-0.39, 0.29) is 0 Å². The van der Waals surface area contributed by atoms with E-state index >= 15 is 0 Å². The van der Waals surface area contributed by atoms with Crippen LogP contribution in [0, 0.1) is 47.8 Å². The lowest BCUT2D eigenvalue weighted by Gasteiger charge is -2.19. The molecule has 3 nitrogen and oxygen atoms in total. The minimum absolute atomic E-state index is 0.593. The van der Waals surface area contributed by atoms with Gasteiger partial charge in [0, 0.05) is 0 Å². The van der Waals surface area contributed by atoms with Gasteiger partial charge in [-0.25, -0.2) is 0 Å². The van der Waals surface area contributed by atoms with Crippen LogP contribution in [0.4, 0.5) is 0 Å². The van der Waals surface area contributed by atoms with Gasteiger partial charge in [0.1, 0.15) is 0 Å². The van der Waals surface area contributed by atoms with Crippen molar-refractivity contribution >= 4 is 53.9 Å². The predicted octanol–water partition coefficient (Wildman–Crippen LogP) is 14.3. The fourth-order valence-electron chi connectivity index (χ4n) is 9.59. The fraction of sp³-hybridized carbons (Fsp3) is 0.0364. The molecule has 10 aromatic rings. The molecule has 0 amide bonds. The number of fused-ring (bicyclic) bond motifs is 9. The van der Waals surface area contributed by atoms with E-state index in [0.717, 1.165) is 65.7 Å². The van der Waals surface area contributed by atoms with E-state index in [0.29, 0.717) is 16.7 Å². The van der Waals surface area contributed by atoms with Crippen LogP contribution in [0.15, 0.2) is 152 Å². The van der Waals surface area contributed by atoms with Crippen LogP contribution in [0.5, 0.6) is 0 Å². The van der Waals surface area contributed by atoms with E-state index < -0.39 is 0 Å². The summed E-state index contributed by atoms with van der Waals surface area (Å²) in [5.74, 6) is 0. The quantitative estimate of drug-likeness (QED) is 0.170. The van der Waals surface area contributed by atoms with E-state index in [1.54, 1.807) is 0 Å². The molecule has 0 unspecified atom stereocenters. The van der Waals surface area contributed by atoms with Crippen LogP contribution in [-0.4, -0.2) is 0 Å². The van der Waals surface area contributed by atoms with Gasteiger partial charge in [0.2, 0.25) is 0 Å². The summed E-state index contributed by atoms with van der Waals surface area (Å²) in [5.41, 5.74) is 15.4. The summed E-state index contributed by atoms with van der Waals surface area (Å²) in [7, 11) is 0. The second-order valence-electron chi connectivity index (χ2n) is 15.5. The number of nitriles is 3. The largest absolute Gasteiger partial charge is 0.192 e. The summed E-state index contributed by atoms with van der Waals surface area (Å²) in [6, 6.07) is 60.7. The number of aryl methyl sites for hydroxylation is 2. The first-order valence-corrected chi connectivity index (χ1v) is 19.4. The third kappa shape index (κ3) is 4.83. The molecule has 0 saturated heterocycles. The van der Waals surface area contributed by atoms with Gasteiger partial charge in [-0.2, -0.15) is 15.8 Å². The van der Waals surface area contributed by atoms with Gasteiger partial charge in [0.25, 0.3) is 0 Å². The maximum absolute atomic E-state index is 10.0. The Hall–Kier alpha value is -8.03. The maximum atomic E-state index is 10.0. The van der Waals surface area contributed by atoms with Crippen LogP contribution in [0.1, 0.15) is 27.8 Å². The van der Waals surface area contributed by atoms with Gasteiger partial charge in [-0.1, -0.05) is 84.9 Å². The number of hydrogen-bond donors (Lipinski definition) is 0. The van der Waals surface area contributed by atoms with Crippen LogP contribution in [-0.2, 0) is 0 Å².